The highest BCUT2D eigenvalue weighted by atomic mass is 16.5. The molecule has 0 aliphatic rings. The highest BCUT2D eigenvalue weighted by Gasteiger charge is 2.20. The molecule has 1 N–H and O–H groups in total. The van der Waals surface area contributed by atoms with Gasteiger partial charge in [0.2, 0.25) is 5.91 Å². The molecule has 7 heteroatoms. The first-order valence-electron chi connectivity index (χ1n) is 8.71. The summed E-state index contributed by atoms with van der Waals surface area (Å²) in [5.41, 5.74) is 1.56. The molecule has 0 bridgehead atoms. The predicted octanol–water partition coefficient (Wildman–Crippen LogP) is 3.13. The SMILES string of the molecule is COc1ccc(OC)c(NC(=O)C(C)n2nc(-c3ccccc3)ccc2=O)c1. The number of methoxy groups -OCH3 is 2. The molecule has 1 atom stereocenters. The van der Waals surface area contributed by atoms with Crippen molar-refractivity contribution in [2.75, 3.05) is 19.5 Å². The first-order valence-corrected chi connectivity index (χ1v) is 8.71. The third-order valence-electron chi connectivity index (χ3n) is 4.31. The maximum absolute atomic E-state index is 12.8. The van der Waals surface area contributed by atoms with Crippen molar-refractivity contribution in [1.29, 1.82) is 0 Å². The molecular formula is C21H21N3O4. The molecule has 1 aromatic heterocycles. The van der Waals surface area contributed by atoms with Gasteiger partial charge in [-0.25, -0.2) is 4.68 Å². The lowest BCUT2D eigenvalue weighted by atomic mass is 10.1. The molecular weight excluding hydrogens is 358 g/mol. The number of rotatable bonds is 6. The Balaban J connectivity index is 1.89. The summed E-state index contributed by atoms with van der Waals surface area (Å²) in [6, 6.07) is 16.8. The molecule has 2 aromatic carbocycles. The minimum Gasteiger partial charge on any atom is -0.497 e. The number of hydrogen-bond acceptors (Lipinski definition) is 5. The summed E-state index contributed by atoms with van der Waals surface area (Å²) in [4.78, 5) is 25.1. The summed E-state index contributed by atoms with van der Waals surface area (Å²) in [7, 11) is 3.05. The van der Waals surface area contributed by atoms with Crippen molar-refractivity contribution in [3.8, 4) is 22.8 Å². The van der Waals surface area contributed by atoms with Crippen molar-refractivity contribution < 1.29 is 14.3 Å². The maximum Gasteiger partial charge on any atom is 0.267 e. The van der Waals surface area contributed by atoms with E-state index in [0.29, 0.717) is 22.9 Å². The summed E-state index contributed by atoms with van der Waals surface area (Å²) in [5, 5.41) is 7.15. The number of hydrogen-bond donors (Lipinski definition) is 1. The van der Waals surface area contributed by atoms with Crippen LogP contribution in [0.2, 0.25) is 0 Å². The van der Waals surface area contributed by atoms with Gasteiger partial charge in [-0.3, -0.25) is 9.59 Å². The number of amides is 1. The van der Waals surface area contributed by atoms with E-state index in [1.54, 1.807) is 31.2 Å². The average Bonchev–Trinajstić information content (AvgIpc) is 2.74. The third-order valence-corrected chi connectivity index (χ3v) is 4.31. The maximum atomic E-state index is 12.8. The van der Waals surface area contributed by atoms with E-state index in [1.807, 2.05) is 30.3 Å². The van der Waals surface area contributed by atoms with Crippen LogP contribution in [0.15, 0.2) is 65.5 Å². The van der Waals surface area contributed by atoms with Crippen molar-refractivity contribution in [3.05, 3.63) is 71.0 Å². The van der Waals surface area contributed by atoms with Gasteiger partial charge in [-0.05, 0) is 25.1 Å². The highest BCUT2D eigenvalue weighted by Crippen LogP contribution is 2.29. The van der Waals surface area contributed by atoms with Crippen molar-refractivity contribution in [2.45, 2.75) is 13.0 Å². The van der Waals surface area contributed by atoms with Crippen molar-refractivity contribution in [2.24, 2.45) is 0 Å². The second kappa shape index (κ2) is 8.39. The van der Waals surface area contributed by atoms with Crippen molar-refractivity contribution >= 4 is 11.6 Å². The molecule has 1 heterocycles. The zero-order valence-electron chi connectivity index (χ0n) is 15.9. The van der Waals surface area contributed by atoms with E-state index >= 15 is 0 Å². The minimum absolute atomic E-state index is 0.361. The highest BCUT2D eigenvalue weighted by molar-refractivity contribution is 5.95. The Hall–Kier alpha value is -3.61. The lowest BCUT2D eigenvalue weighted by Gasteiger charge is -2.17. The number of aromatic nitrogens is 2. The molecule has 1 amide bonds. The Bertz CT molecular complexity index is 1030. The van der Waals surface area contributed by atoms with Crippen LogP contribution >= 0.6 is 0 Å². The Labute approximate surface area is 162 Å². The van der Waals surface area contributed by atoms with Crippen LogP contribution in [0.3, 0.4) is 0 Å². The lowest BCUT2D eigenvalue weighted by molar-refractivity contribution is -0.119. The molecule has 28 heavy (non-hydrogen) atoms. The van der Waals surface area contributed by atoms with E-state index in [0.717, 1.165) is 5.56 Å². The van der Waals surface area contributed by atoms with Crippen LogP contribution < -0.4 is 20.3 Å². The summed E-state index contributed by atoms with van der Waals surface area (Å²) in [6.07, 6.45) is 0. The minimum atomic E-state index is -0.827. The van der Waals surface area contributed by atoms with Gasteiger partial charge >= 0.3 is 0 Å². The smallest absolute Gasteiger partial charge is 0.267 e. The van der Waals surface area contributed by atoms with Gasteiger partial charge in [-0.1, -0.05) is 30.3 Å². The molecule has 1 unspecified atom stereocenters. The van der Waals surface area contributed by atoms with E-state index in [4.69, 9.17) is 9.47 Å². The standard InChI is InChI=1S/C21H21N3O4/c1-14(21(26)22-18-13-16(27-2)9-11-19(18)28-3)24-20(25)12-10-17(23-24)15-7-5-4-6-8-15/h4-14H,1-3H3,(H,22,26). The molecule has 0 radical (unpaired) electrons. The van der Waals surface area contributed by atoms with Gasteiger partial charge in [0, 0.05) is 17.7 Å². The number of nitrogens with one attached hydrogen (secondary N) is 1. The molecule has 0 aliphatic carbocycles. The monoisotopic (exact) mass is 379 g/mol. The quantitative estimate of drug-likeness (QED) is 0.712. The predicted molar refractivity (Wildman–Crippen MR) is 107 cm³/mol. The average molecular weight is 379 g/mol. The third kappa shape index (κ3) is 4.03. The van der Waals surface area contributed by atoms with Gasteiger partial charge in [0.25, 0.3) is 5.56 Å². The van der Waals surface area contributed by atoms with E-state index in [9.17, 15) is 9.59 Å². The zero-order chi connectivity index (χ0) is 20.1. The second-order valence-electron chi connectivity index (χ2n) is 6.10. The first-order chi connectivity index (χ1) is 13.5. The Morgan fingerprint density at radius 1 is 1.04 bits per heavy atom. The molecule has 0 saturated heterocycles. The summed E-state index contributed by atoms with van der Waals surface area (Å²) < 4.78 is 11.6. The van der Waals surface area contributed by atoms with Gasteiger partial charge in [0.15, 0.2) is 0 Å². The van der Waals surface area contributed by atoms with Crippen LogP contribution in [0.25, 0.3) is 11.3 Å². The lowest BCUT2D eigenvalue weighted by Crippen LogP contribution is -2.33. The van der Waals surface area contributed by atoms with Gasteiger partial charge in [0.1, 0.15) is 17.5 Å². The van der Waals surface area contributed by atoms with E-state index < -0.39 is 11.9 Å². The molecule has 144 valence electrons. The number of carbonyl (C=O) groups excluding carboxylic acids is 1. The van der Waals surface area contributed by atoms with Gasteiger partial charge in [-0.15, -0.1) is 0 Å². The van der Waals surface area contributed by atoms with Gasteiger partial charge in [0.05, 0.1) is 25.6 Å². The molecule has 0 spiro atoms. The normalized spacial score (nSPS) is 11.5. The summed E-state index contributed by atoms with van der Waals surface area (Å²) in [5.74, 6) is 0.663. The Kier molecular flexibility index (Phi) is 5.74. The second-order valence-corrected chi connectivity index (χ2v) is 6.10. The zero-order valence-corrected chi connectivity index (χ0v) is 15.9. The fourth-order valence-electron chi connectivity index (χ4n) is 2.73. The van der Waals surface area contributed by atoms with E-state index in [2.05, 4.69) is 10.4 Å². The van der Waals surface area contributed by atoms with E-state index in [1.165, 1.54) is 25.0 Å². The number of ether oxygens (including phenoxy) is 2. The van der Waals surface area contributed by atoms with Crippen molar-refractivity contribution in [1.82, 2.24) is 9.78 Å². The van der Waals surface area contributed by atoms with Crippen LogP contribution in [-0.4, -0.2) is 29.9 Å². The van der Waals surface area contributed by atoms with Crippen molar-refractivity contribution in [3.63, 3.8) is 0 Å². The van der Waals surface area contributed by atoms with Crippen LogP contribution in [0.1, 0.15) is 13.0 Å². The molecule has 7 nitrogen and oxygen atoms in total. The number of carbonyl (C=O) groups is 1. The fourth-order valence-corrected chi connectivity index (χ4v) is 2.73. The summed E-state index contributed by atoms with van der Waals surface area (Å²) >= 11 is 0. The van der Waals surface area contributed by atoms with Crippen LogP contribution in [0.5, 0.6) is 11.5 Å². The topological polar surface area (TPSA) is 82.4 Å². The summed E-state index contributed by atoms with van der Waals surface area (Å²) in [6.45, 7) is 1.62. The molecule has 3 aromatic rings. The molecule has 0 aliphatic heterocycles. The fraction of sp³-hybridized carbons (Fsp3) is 0.190. The van der Waals surface area contributed by atoms with Crippen LogP contribution in [0.4, 0.5) is 5.69 Å². The number of benzene rings is 2. The number of anilines is 1. The van der Waals surface area contributed by atoms with E-state index in [-0.39, 0.29) is 5.56 Å². The number of nitrogens with zero attached hydrogens (tertiary/aromatic N) is 2. The largest absolute Gasteiger partial charge is 0.497 e. The van der Waals surface area contributed by atoms with Gasteiger partial charge < -0.3 is 14.8 Å². The molecule has 0 saturated carbocycles. The first kappa shape index (κ1) is 19.2. The Morgan fingerprint density at radius 3 is 2.46 bits per heavy atom. The van der Waals surface area contributed by atoms with Crippen LogP contribution in [0, 0.1) is 0 Å². The molecule has 0 fully saturated rings. The Morgan fingerprint density at radius 2 is 1.79 bits per heavy atom. The van der Waals surface area contributed by atoms with Crippen LogP contribution in [-0.2, 0) is 4.79 Å². The molecule has 3 rings (SSSR count). The van der Waals surface area contributed by atoms with Gasteiger partial charge in [-0.2, -0.15) is 5.10 Å².